The first-order valence-corrected chi connectivity index (χ1v) is 7.57. The number of benzene rings is 1. The van der Waals surface area contributed by atoms with Crippen molar-refractivity contribution in [2.75, 3.05) is 0 Å². The van der Waals surface area contributed by atoms with Crippen LogP contribution in [0.5, 0.6) is 5.88 Å². The van der Waals surface area contributed by atoms with Crippen LogP contribution in [0, 0.1) is 11.3 Å². The van der Waals surface area contributed by atoms with Crippen LogP contribution in [-0.2, 0) is 6.18 Å². The average molecular weight is 348 g/mol. The van der Waals surface area contributed by atoms with Crippen molar-refractivity contribution >= 4 is 0 Å². The minimum atomic E-state index is -4.43. The van der Waals surface area contributed by atoms with Gasteiger partial charge in [0.2, 0.25) is 11.8 Å². The smallest absolute Gasteiger partial charge is 0.416 e. The third-order valence-corrected chi connectivity index (χ3v) is 4.12. The highest BCUT2D eigenvalue weighted by molar-refractivity contribution is 5.55. The molecule has 0 amide bonds. The lowest BCUT2D eigenvalue weighted by molar-refractivity contribution is -0.137. The first-order valence-electron chi connectivity index (χ1n) is 7.57. The molecule has 0 saturated carbocycles. The molecule has 0 spiro atoms. The van der Waals surface area contributed by atoms with Gasteiger partial charge >= 0.3 is 6.18 Å². The monoisotopic (exact) mass is 348 g/mol. The summed E-state index contributed by atoms with van der Waals surface area (Å²) in [5.74, 6) is -0.435. The highest BCUT2D eigenvalue weighted by atomic mass is 19.4. The zero-order valence-electron chi connectivity index (χ0n) is 13.5. The molecule has 2 aromatic rings. The van der Waals surface area contributed by atoms with Gasteiger partial charge in [-0.05, 0) is 23.6 Å². The van der Waals surface area contributed by atoms with E-state index in [4.69, 9.17) is 10.5 Å². The van der Waals surface area contributed by atoms with Gasteiger partial charge in [-0.15, -0.1) is 5.10 Å². The van der Waals surface area contributed by atoms with Gasteiger partial charge in [0, 0.05) is 5.69 Å². The summed E-state index contributed by atoms with van der Waals surface area (Å²) in [6.07, 6.45) is -4.43. The van der Waals surface area contributed by atoms with E-state index >= 15 is 0 Å². The molecule has 0 radical (unpaired) electrons. The number of nitrogens with one attached hydrogen (secondary N) is 1. The summed E-state index contributed by atoms with van der Waals surface area (Å²) in [6.45, 7) is 3.87. The number of hydrogen-bond acceptors (Lipinski definition) is 4. The van der Waals surface area contributed by atoms with Crippen LogP contribution in [0.4, 0.5) is 13.2 Å². The van der Waals surface area contributed by atoms with Crippen molar-refractivity contribution in [3.63, 3.8) is 0 Å². The summed E-state index contributed by atoms with van der Waals surface area (Å²) in [5, 5.41) is 16.4. The van der Waals surface area contributed by atoms with E-state index in [1.54, 1.807) is 0 Å². The molecule has 130 valence electrons. The number of ether oxygens (including phenoxy) is 1. The van der Waals surface area contributed by atoms with Gasteiger partial charge in [-0.25, -0.2) is 0 Å². The molecule has 5 nitrogen and oxygen atoms in total. The molecule has 0 fully saturated rings. The van der Waals surface area contributed by atoms with Crippen LogP contribution in [0.3, 0.4) is 0 Å². The summed E-state index contributed by atoms with van der Waals surface area (Å²) >= 11 is 0. The second kappa shape index (κ2) is 5.84. The number of hydrogen-bond donors (Lipinski definition) is 2. The Labute approximate surface area is 141 Å². The van der Waals surface area contributed by atoms with E-state index in [1.165, 1.54) is 12.1 Å². The molecule has 1 aliphatic heterocycles. The van der Waals surface area contributed by atoms with Crippen molar-refractivity contribution in [2.45, 2.75) is 31.9 Å². The van der Waals surface area contributed by atoms with Crippen molar-refractivity contribution < 1.29 is 17.9 Å². The summed E-state index contributed by atoms with van der Waals surface area (Å²) in [7, 11) is 0. The molecule has 1 aliphatic rings. The van der Waals surface area contributed by atoms with Crippen molar-refractivity contribution in [3.8, 4) is 11.9 Å². The predicted molar refractivity (Wildman–Crippen MR) is 83.4 cm³/mol. The largest absolute Gasteiger partial charge is 0.420 e. The lowest BCUT2D eigenvalue weighted by atomic mass is 9.82. The molecule has 1 aromatic heterocycles. The molecule has 0 bridgehead atoms. The van der Waals surface area contributed by atoms with Crippen LogP contribution in [0.15, 0.2) is 35.7 Å². The second-order valence-corrected chi connectivity index (χ2v) is 6.06. The first kappa shape index (κ1) is 16.9. The first-order chi connectivity index (χ1) is 11.7. The van der Waals surface area contributed by atoms with Gasteiger partial charge in [0.1, 0.15) is 11.6 Å². The van der Waals surface area contributed by atoms with Crippen molar-refractivity contribution in [1.82, 2.24) is 10.2 Å². The van der Waals surface area contributed by atoms with Crippen LogP contribution in [-0.4, -0.2) is 10.2 Å². The van der Waals surface area contributed by atoms with Crippen LogP contribution >= 0.6 is 0 Å². The van der Waals surface area contributed by atoms with Gasteiger partial charge in [0.15, 0.2) is 0 Å². The number of nitriles is 1. The third-order valence-electron chi connectivity index (χ3n) is 4.12. The zero-order chi connectivity index (χ0) is 18.4. The third kappa shape index (κ3) is 2.82. The predicted octanol–water partition coefficient (Wildman–Crippen LogP) is 3.77. The van der Waals surface area contributed by atoms with Gasteiger partial charge in [0.05, 0.1) is 17.0 Å². The number of rotatable bonds is 2. The fraction of sp³-hybridized carbons (Fsp3) is 0.294. The number of fused-ring (bicyclic) bond motifs is 1. The van der Waals surface area contributed by atoms with Gasteiger partial charge in [-0.1, -0.05) is 26.0 Å². The van der Waals surface area contributed by atoms with Crippen LogP contribution in [0.2, 0.25) is 0 Å². The number of nitrogens with zero attached hydrogens (tertiary/aromatic N) is 2. The van der Waals surface area contributed by atoms with Gasteiger partial charge in [0.25, 0.3) is 0 Å². The Balaban J connectivity index is 2.16. The zero-order valence-corrected chi connectivity index (χ0v) is 13.5. The Morgan fingerprint density at radius 3 is 2.44 bits per heavy atom. The summed E-state index contributed by atoms with van der Waals surface area (Å²) in [6, 6.07) is 6.69. The van der Waals surface area contributed by atoms with Crippen LogP contribution < -0.4 is 10.5 Å². The Bertz CT molecular complexity index is 873. The molecule has 8 heteroatoms. The molecule has 0 saturated heterocycles. The fourth-order valence-electron chi connectivity index (χ4n) is 2.91. The Hall–Kier alpha value is -2.95. The minimum absolute atomic E-state index is 0.0519. The number of H-pyrrole nitrogens is 1. The molecular weight excluding hydrogens is 333 g/mol. The lowest BCUT2D eigenvalue weighted by Crippen LogP contribution is -2.21. The average Bonchev–Trinajstić information content (AvgIpc) is 2.96. The summed E-state index contributed by atoms with van der Waals surface area (Å²) < 4.78 is 43.8. The van der Waals surface area contributed by atoms with Crippen LogP contribution in [0.25, 0.3) is 0 Å². The highest BCUT2D eigenvalue weighted by Gasteiger charge is 2.36. The van der Waals surface area contributed by atoms with E-state index in [2.05, 4.69) is 10.2 Å². The molecule has 0 aliphatic carbocycles. The van der Waals surface area contributed by atoms with Crippen molar-refractivity contribution in [1.29, 1.82) is 5.26 Å². The topological polar surface area (TPSA) is 87.7 Å². The molecule has 3 N–H and O–H groups in total. The Morgan fingerprint density at radius 1 is 1.28 bits per heavy atom. The minimum Gasteiger partial charge on any atom is -0.420 e. The molecule has 25 heavy (non-hydrogen) atoms. The molecule has 2 heterocycles. The van der Waals surface area contributed by atoms with Gasteiger partial charge in [-0.2, -0.15) is 18.4 Å². The maximum absolute atomic E-state index is 12.8. The van der Waals surface area contributed by atoms with Crippen molar-refractivity contribution in [2.24, 2.45) is 5.73 Å². The van der Waals surface area contributed by atoms with E-state index < -0.39 is 17.7 Å². The van der Waals surface area contributed by atoms with Crippen molar-refractivity contribution in [3.05, 3.63) is 58.1 Å². The Morgan fingerprint density at radius 2 is 1.92 bits per heavy atom. The number of aromatic amines is 1. The normalized spacial score (nSPS) is 17.2. The molecule has 1 atom stereocenters. The van der Waals surface area contributed by atoms with E-state index in [-0.39, 0.29) is 23.3 Å². The van der Waals surface area contributed by atoms with E-state index in [1.807, 2.05) is 19.9 Å². The van der Waals surface area contributed by atoms with E-state index in [9.17, 15) is 18.4 Å². The molecule has 1 unspecified atom stereocenters. The number of nitrogens with two attached hydrogens (primary N) is 1. The molecular formula is C17H15F3N4O. The maximum atomic E-state index is 12.8. The maximum Gasteiger partial charge on any atom is 0.416 e. The quantitative estimate of drug-likeness (QED) is 0.865. The molecule has 3 rings (SSSR count). The second-order valence-electron chi connectivity index (χ2n) is 6.06. The molecule has 1 aromatic carbocycles. The summed E-state index contributed by atoms with van der Waals surface area (Å²) in [4.78, 5) is 0. The SMILES string of the molecule is CC(C)c1[nH]nc2c1C(c1ccc(C(F)(F)F)cc1)C(C#N)=C(N)O2. The van der Waals surface area contributed by atoms with Gasteiger partial charge in [-0.3, -0.25) is 5.10 Å². The summed E-state index contributed by atoms with van der Waals surface area (Å²) in [5.41, 5.74) is 7.10. The van der Waals surface area contributed by atoms with Gasteiger partial charge < -0.3 is 10.5 Å². The lowest BCUT2D eigenvalue weighted by Gasteiger charge is -2.25. The van der Waals surface area contributed by atoms with Crippen LogP contribution in [0.1, 0.15) is 48.1 Å². The van der Waals surface area contributed by atoms with E-state index in [0.717, 1.165) is 17.8 Å². The number of aromatic nitrogens is 2. The number of alkyl halides is 3. The van der Waals surface area contributed by atoms with E-state index in [0.29, 0.717) is 11.1 Å². The Kier molecular flexibility index (Phi) is 3.95. The number of halogens is 3. The highest BCUT2D eigenvalue weighted by Crippen LogP contribution is 2.44. The fourth-order valence-corrected chi connectivity index (χ4v) is 2.91. The standard InChI is InChI=1S/C17H15F3N4O/c1-8(2)14-13-12(9-3-5-10(6-4-9)17(18,19)20)11(7-21)15(22)25-16(13)24-23-14/h3-6,8,12H,22H2,1-2H3,(H,23,24). The number of allylic oxidation sites excluding steroid dienone is 1.